The third-order valence-corrected chi connectivity index (χ3v) is 4.42. The molecule has 2 N–H and O–H groups in total. The minimum absolute atomic E-state index is 0.0342. The minimum atomic E-state index is -0.710. The maximum Gasteiger partial charge on any atom is 0.306 e. The second-order valence-electron chi connectivity index (χ2n) is 5.96. The number of piperidine rings is 1. The molecule has 3 rings (SSSR count). The topological polar surface area (TPSA) is 82.6 Å². The van der Waals surface area contributed by atoms with Crippen molar-refractivity contribution in [1.29, 1.82) is 0 Å². The summed E-state index contributed by atoms with van der Waals surface area (Å²) in [4.78, 5) is 28.7. The van der Waals surface area contributed by atoms with E-state index in [9.17, 15) is 9.59 Å². The molecule has 2 aromatic rings. The van der Waals surface area contributed by atoms with Crippen LogP contribution in [0.4, 0.5) is 0 Å². The molecular weight excluding hydrogens is 296 g/mol. The van der Waals surface area contributed by atoms with E-state index in [1.807, 2.05) is 12.1 Å². The molecule has 0 saturated carbocycles. The van der Waals surface area contributed by atoms with Gasteiger partial charge in [-0.05, 0) is 44.1 Å². The molecule has 6 nitrogen and oxygen atoms in total. The maximum atomic E-state index is 12.3. The van der Waals surface area contributed by atoms with Crippen molar-refractivity contribution in [3.63, 3.8) is 0 Å². The van der Waals surface area contributed by atoms with Crippen molar-refractivity contribution in [2.75, 3.05) is 20.2 Å². The standard InChI is InChI=1S/C17H20N2O4/c1-23-13-2-3-15-14(9-13)16(20)8-12(18-15)10-19-6-4-11(5-7-19)17(21)22/h2-3,8-9,11H,4-7,10H2,1H3,(H,18,20)(H,21,22). The lowest BCUT2D eigenvalue weighted by Crippen LogP contribution is -2.36. The summed E-state index contributed by atoms with van der Waals surface area (Å²) < 4.78 is 5.15. The Hall–Kier alpha value is -2.34. The van der Waals surface area contributed by atoms with E-state index >= 15 is 0 Å². The number of likely N-dealkylation sites (tertiary alicyclic amines) is 1. The number of aromatic amines is 1. The SMILES string of the molecule is COc1ccc2[nH]c(CN3CCC(C(=O)O)CC3)cc(=O)c2c1. The first-order valence-electron chi connectivity index (χ1n) is 7.72. The number of H-pyrrole nitrogens is 1. The first kappa shape index (κ1) is 15.6. The van der Waals surface area contributed by atoms with E-state index in [0.29, 0.717) is 30.5 Å². The van der Waals surface area contributed by atoms with Gasteiger partial charge < -0.3 is 14.8 Å². The summed E-state index contributed by atoms with van der Waals surface area (Å²) in [6.07, 6.45) is 1.31. The fraction of sp³-hybridized carbons (Fsp3) is 0.412. The Morgan fingerprint density at radius 2 is 2.09 bits per heavy atom. The molecular formula is C17H20N2O4. The van der Waals surface area contributed by atoms with Gasteiger partial charge >= 0.3 is 5.97 Å². The van der Waals surface area contributed by atoms with E-state index < -0.39 is 5.97 Å². The molecule has 0 aliphatic carbocycles. The van der Waals surface area contributed by atoms with E-state index in [2.05, 4.69) is 9.88 Å². The highest BCUT2D eigenvalue weighted by Gasteiger charge is 2.24. The Labute approximate surface area is 133 Å². The van der Waals surface area contributed by atoms with E-state index in [1.165, 1.54) is 0 Å². The van der Waals surface area contributed by atoms with Gasteiger partial charge in [-0.25, -0.2) is 0 Å². The molecule has 0 amide bonds. The fourth-order valence-corrected chi connectivity index (χ4v) is 3.07. The van der Waals surface area contributed by atoms with Crippen LogP contribution in [-0.2, 0) is 11.3 Å². The summed E-state index contributed by atoms with van der Waals surface area (Å²) >= 11 is 0. The highest BCUT2D eigenvalue weighted by molar-refractivity contribution is 5.80. The Kier molecular flexibility index (Phi) is 4.34. The van der Waals surface area contributed by atoms with E-state index in [0.717, 1.165) is 24.3 Å². The molecule has 1 aliphatic heterocycles. The summed E-state index contributed by atoms with van der Waals surface area (Å²) in [5.41, 5.74) is 1.60. The second-order valence-corrected chi connectivity index (χ2v) is 5.96. The third kappa shape index (κ3) is 3.37. The highest BCUT2D eigenvalue weighted by Crippen LogP contribution is 2.20. The quantitative estimate of drug-likeness (QED) is 0.899. The normalized spacial score (nSPS) is 16.6. The molecule has 0 unspecified atom stereocenters. The van der Waals surface area contributed by atoms with Crippen LogP contribution in [0.25, 0.3) is 10.9 Å². The van der Waals surface area contributed by atoms with Gasteiger partial charge in [-0.15, -0.1) is 0 Å². The number of aliphatic carboxylic acids is 1. The molecule has 1 saturated heterocycles. The fourth-order valence-electron chi connectivity index (χ4n) is 3.07. The summed E-state index contributed by atoms with van der Waals surface area (Å²) in [6.45, 7) is 2.10. The van der Waals surface area contributed by atoms with Crippen molar-refractivity contribution in [2.45, 2.75) is 19.4 Å². The number of aromatic nitrogens is 1. The number of nitrogens with zero attached hydrogens (tertiary/aromatic N) is 1. The summed E-state index contributed by atoms with van der Waals surface area (Å²) in [5, 5.41) is 9.64. The number of methoxy groups -OCH3 is 1. The van der Waals surface area contributed by atoms with Gasteiger partial charge in [0.25, 0.3) is 0 Å². The number of hydrogen-bond acceptors (Lipinski definition) is 4. The molecule has 1 fully saturated rings. The van der Waals surface area contributed by atoms with Crippen molar-refractivity contribution in [3.8, 4) is 5.75 Å². The smallest absolute Gasteiger partial charge is 0.306 e. The van der Waals surface area contributed by atoms with Crippen LogP contribution in [0.3, 0.4) is 0 Å². The van der Waals surface area contributed by atoms with Gasteiger partial charge in [-0.1, -0.05) is 0 Å². The first-order valence-corrected chi connectivity index (χ1v) is 7.72. The van der Waals surface area contributed by atoms with Gasteiger partial charge in [0.15, 0.2) is 5.43 Å². The summed E-state index contributed by atoms with van der Waals surface area (Å²) in [6, 6.07) is 7.01. The molecule has 0 bridgehead atoms. The number of fused-ring (bicyclic) bond motifs is 1. The van der Waals surface area contributed by atoms with Crippen LogP contribution in [0.5, 0.6) is 5.75 Å². The van der Waals surface area contributed by atoms with Crippen molar-refractivity contribution in [3.05, 3.63) is 40.2 Å². The Balaban J connectivity index is 1.76. The minimum Gasteiger partial charge on any atom is -0.497 e. The number of benzene rings is 1. The van der Waals surface area contributed by atoms with Crippen LogP contribution >= 0.6 is 0 Å². The Bertz CT molecular complexity index is 776. The molecule has 2 heterocycles. The molecule has 0 atom stereocenters. The molecule has 6 heteroatoms. The number of ether oxygens (including phenoxy) is 1. The molecule has 23 heavy (non-hydrogen) atoms. The van der Waals surface area contributed by atoms with Crippen LogP contribution in [0.2, 0.25) is 0 Å². The zero-order valence-corrected chi connectivity index (χ0v) is 13.0. The molecule has 1 aliphatic rings. The Morgan fingerprint density at radius 1 is 1.35 bits per heavy atom. The lowest BCUT2D eigenvalue weighted by molar-refractivity contribution is -0.143. The molecule has 122 valence electrons. The van der Waals surface area contributed by atoms with Gasteiger partial charge in [0.05, 0.1) is 13.0 Å². The highest BCUT2D eigenvalue weighted by atomic mass is 16.5. The van der Waals surface area contributed by atoms with Crippen molar-refractivity contribution >= 4 is 16.9 Å². The number of pyridine rings is 1. The number of carboxylic acids is 1. The van der Waals surface area contributed by atoms with Crippen molar-refractivity contribution in [2.24, 2.45) is 5.92 Å². The molecule has 0 spiro atoms. The van der Waals surface area contributed by atoms with E-state index in [4.69, 9.17) is 9.84 Å². The summed E-state index contributed by atoms with van der Waals surface area (Å²) in [5.74, 6) is -0.293. The van der Waals surface area contributed by atoms with Gasteiger partial charge in [0.2, 0.25) is 0 Å². The van der Waals surface area contributed by atoms with E-state index in [1.54, 1.807) is 19.2 Å². The Morgan fingerprint density at radius 3 is 2.74 bits per heavy atom. The predicted octanol–water partition coefficient (Wildman–Crippen LogP) is 1.83. The average molecular weight is 316 g/mol. The zero-order valence-electron chi connectivity index (χ0n) is 13.0. The average Bonchev–Trinajstić information content (AvgIpc) is 2.55. The van der Waals surface area contributed by atoms with Crippen LogP contribution in [0.1, 0.15) is 18.5 Å². The van der Waals surface area contributed by atoms with Crippen molar-refractivity contribution < 1.29 is 14.6 Å². The third-order valence-electron chi connectivity index (χ3n) is 4.42. The van der Waals surface area contributed by atoms with Crippen LogP contribution < -0.4 is 10.2 Å². The van der Waals surface area contributed by atoms with Gasteiger partial charge in [0, 0.05) is 29.2 Å². The molecule has 1 aromatic heterocycles. The van der Waals surface area contributed by atoms with Crippen LogP contribution in [0, 0.1) is 5.92 Å². The maximum absolute atomic E-state index is 12.3. The number of carboxylic acid groups (broad SMARTS) is 1. The predicted molar refractivity (Wildman–Crippen MR) is 86.8 cm³/mol. The monoisotopic (exact) mass is 316 g/mol. The summed E-state index contributed by atoms with van der Waals surface area (Å²) in [7, 11) is 1.57. The number of hydrogen-bond donors (Lipinski definition) is 2. The van der Waals surface area contributed by atoms with Gasteiger partial charge in [0.1, 0.15) is 5.75 Å². The van der Waals surface area contributed by atoms with Gasteiger partial charge in [-0.3, -0.25) is 14.5 Å². The van der Waals surface area contributed by atoms with Gasteiger partial charge in [-0.2, -0.15) is 0 Å². The van der Waals surface area contributed by atoms with E-state index in [-0.39, 0.29) is 11.3 Å². The number of rotatable bonds is 4. The second kappa shape index (κ2) is 6.42. The lowest BCUT2D eigenvalue weighted by Gasteiger charge is -2.29. The lowest BCUT2D eigenvalue weighted by atomic mass is 9.97. The van der Waals surface area contributed by atoms with Crippen LogP contribution in [-0.4, -0.2) is 41.2 Å². The van der Waals surface area contributed by atoms with Crippen molar-refractivity contribution in [1.82, 2.24) is 9.88 Å². The largest absolute Gasteiger partial charge is 0.497 e. The number of carbonyl (C=O) groups is 1. The molecule has 1 aromatic carbocycles. The van der Waals surface area contributed by atoms with Crippen LogP contribution in [0.15, 0.2) is 29.1 Å². The molecule has 0 radical (unpaired) electrons. The first-order chi connectivity index (χ1) is 11.1. The number of nitrogens with one attached hydrogen (secondary N) is 1. The zero-order chi connectivity index (χ0) is 16.4.